The lowest BCUT2D eigenvalue weighted by Crippen LogP contribution is -2.03. The quantitative estimate of drug-likeness (QED) is 0.614. The van der Waals surface area contributed by atoms with Gasteiger partial charge in [-0.3, -0.25) is 4.79 Å². The SMILES string of the molecule is CCSc1ccc(C(=O)c2cnc(C(F)(F)F)s2)cc1. The van der Waals surface area contributed by atoms with Crippen molar-refractivity contribution in [2.75, 3.05) is 5.75 Å². The van der Waals surface area contributed by atoms with Gasteiger partial charge in [0.15, 0.2) is 5.01 Å². The highest BCUT2D eigenvalue weighted by Crippen LogP contribution is 2.33. The van der Waals surface area contributed by atoms with Crippen molar-refractivity contribution in [2.24, 2.45) is 0 Å². The van der Waals surface area contributed by atoms with Crippen LogP contribution in [0.1, 0.15) is 27.2 Å². The standard InChI is InChI=1S/C13H10F3NOS2/c1-2-19-9-5-3-8(4-6-9)11(18)10-7-17-12(20-10)13(14,15)16/h3-7H,2H2,1H3. The van der Waals surface area contributed by atoms with Crippen molar-refractivity contribution in [3.63, 3.8) is 0 Å². The number of rotatable bonds is 4. The molecule has 0 saturated heterocycles. The van der Waals surface area contributed by atoms with E-state index in [1.54, 1.807) is 36.0 Å². The molecule has 1 aromatic carbocycles. The van der Waals surface area contributed by atoms with E-state index in [-0.39, 0.29) is 4.88 Å². The van der Waals surface area contributed by atoms with Crippen LogP contribution in [0.4, 0.5) is 13.2 Å². The number of aromatic nitrogens is 1. The normalized spacial score (nSPS) is 11.6. The van der Waals surface area contributed by atoms with Crippen molar-refractivity contribution >= 4 is 28.9 Å². The molecule has 1 heterocycles. The molecule has 0 spiro atoms. The molecule has 7 heteroatoms. The van der Waals surface area contributed by atoms with Gasteiger partial charge >= 0.3 is 6.18 Å². The first kappa shape index (κ1) is 15.1. The second-order valence-electron chi connectivity index (χ2n) is 3.81. The van der Waals surface area contributed by atoms with E-state index in [0.717, 1.165) is 16.8 Å². The Balaban J connectivity index is 2.20. The highest BCUT2D eigenvalue weighted by Gasteiger charge is 2.35. The lowest BCUT2D eigenvalue weighted by Gasteiger charge is -2.01. The van der Waals surface area contributed by atoms with Crippen molar-refractivity contribution in [3.8, 4) is 0 Å². The predicted octanol–water partition coefficient (Wildman–Crippen LogP) is 4.50. The molecule has 0 radical (unpaired) electrons. The Labute approximate surface area is 122 Å². The third-order valence-corrected chi connectivity index (χ3v) is 4.33. The third kappa shape index (κ3) is 3.40. The molecule has 2 aromatic rings. The van der Waals surface area contributed by atoms with Crippen LogP contribution in [0.25, 0.3) is 0 Å². The molecule has 0 N–H and O–H groups in total. The van der Waals surface area contributed by atoms with Gasteiger partial charge in [-0.2, -0.15) is 13.2 Å². The topological polar surface area (TPSA) is 30.0 Å². The number of thioether (sulfide) groups is 1. The average molecular weight is 317 g/mol. The molecule has 0 unspecified atom stereocenters. The molecule has 106 valence electrons. The summed E-state index contributed by atoms with van der Waals surface area (Å²) in [6.07, 6.45) is -3.53. The third-order valence-electron chi connectivity index (χ3n) is 2.40. The van der Waals surface area contributed by atoms with Crippen LogP contribution < -0.4 is 0 Å². The summed E-state index contributed by atoms with van der Waals surface area (Å²) in [6, 6.07) is 6.81. The maximum atomic E-state index is 12.4. The number of benzene rings is 1. The van der Waals surface area contributed by atoms with E-state index >= 15 is 0 Å². The van der Waals surface area contributed by atoms with E-state index in [0.29, 0.717) is 16.9 Å². The van der Waals surface area contributed by atoms with Crippen LogP contribution in [-0.4, -0.2) is 16.5 Å². The molecule has 0 atom stereocenters. The van der Waals surface area contributed by atoms with Crippen LogP contribution in [0, 0.1) is 0 Å². The van der Waals surface area contributed by atoms with Crippen LogP contribution in [0.3, 0.4) is 0 Å². The Kier molecular flexibility index (Phi) is 4.49. The zero-order valence-electron chi connectivity index (χ0n) is 10.4. The number of thiazole rings is 1. The number of alkyl halides is 3. The van der Waals surface area contributed by atoms with Crippen molar-refractivity contribution in [1.29, 1.82) is 0 Å². The first-order valence-electron chi connectivity index (χ1n) is 5.72. The van der Waals surface area contributed by atoms with E-state index in [9.17, 15) is 18.0 Å². The number of ketones is 1. The molecular formula is C13H10F3NOS2. The average Bonchev–Trinajstić information content (AvgIpc) is 2.89. The van der Waals surface area contributed by atoms with Gasteiger partial charge in [-0.1, -0.05) is 6.92 Å². The maximum absolute atomic E-state index is 12.4. The minimum Gasteiger partial charge on any atom is -0.288 e. The molecule has 0 saturated carbocycles. The van der Waals surface area contributed by atoms with Gasteiger partial charge in [0.25, 0.3) is 0 Å². The highest BCUT2D eigenvalue weighted by molar-refractivity contribution is 7.99. The number of halogens is 3. The first-order chi connectivity index (χ1) is 9.41. The number of carbonyl (C=O) groups is 1. The van der Waals surface area contributed by atoms with Gasteiger partial charge in [-0.25, -0.2) is 4.98 Å². The van der Waals surface area contributed by atoms with Crippen molar-refractivity contribution < 1.29 is 18.0 Å². The summed E-state index contributed by atoms with van der Waals surface area (Å²) in [7, 11) is 0. The van der Waals surface area contributed by atoms with Crippen LogP contribution >= 0.6 is 23.1 Å². The predicted molar refractivity (Wildman–Crippen MR) is 73.4 cm³/mol. The molecule has 0 amide bonds. The molecule has 1 aromatic heterocycles. The van der Waals surface area contributed by atoms with Gasteiger partial charge in [-0.15, -0.1) is 23.1 Å². The summed E-state index contributed by atoms with van der Waals surface area (Å²) in [5.74, 6) is 0.475. The minimum absolute atomic E-state index is 0.00628. The van der Waals surface area contributed by atoms with E-state index in [2.05, 4.69) is 4.98 Å². The van der Waals surface area contributed by atoms with E-state index < -0.39 is 17.0 Å². The zero-order chi connectivity index (χ0) is 14.8. The molecule has 0 aliphatic heterocycles. The van der Waals surface area contributed by atoms with Gasteiger partial charge in [0.2, 0.25) is 5.78 Å². The Morgan fingerprint density at radius 3 is 2.45 bits per heavy atom. The summed E-state index contributed by atoms with van der Waals surface area (Å²) in [6.45, 7) is 2.01. The highest BCUT2D eigenvalue weighted by atomic mass is 32.2. The largest absolute Gasteiger partial charge is 0.443 e. The molecule has 2 rings (SSSR count). The number of hydrogen-bond acceptors (Lipinski definition) is 4. The summed E-state index contributed by atoms with van der Waals surface area (Å²) in [5, 5.41) is -1.00. The molecule has 0 fully saturated rings. The molecule has 0 aliphatic rings. The smallest absolute Gasteiger partial charge is 0.288 e. The fraction of sp³-hybridized carbons (Fsp3) is 0.231. The molecule has 20 heavy (non-hydrogen) atoms. The summed E-state index contributed by atoms with van der Waals surface area (Å²) in [5.41, 5.74) is 0.364. The zero-order valence-corrected chi connectivity index (χ0v) is 12.0. The van der Waals surface area contributed by atoms with Gasteiger partial charge < -0.3 is 0 Å². The van der Waals surface area contributed by atoms with Gasteiger partial charge in [0, 0.05) is 16.7 Å². The molecule has 0 bridgehead atoms. The van der Waals surface area contributed by atoms with Gasteiger partial charge in [-0.05, 0) is 30.0 Å². The van der Waals surface area contributed by atoms with Crippen LogP contribution in [0.2, 0.25) is 0 Å². The van der Waals surface area contributed by atoms with Gasteiger partial charge in [0.05, 0.1) is 4.88 Å². The Hall–Kier alpha value is -1.34. The van der Waals surface area contributed by atoms with E-state index in [4.69, 9.17) is 0 Å². The molecule has 0 aliphatic carbocycles. The molecule has 2 nitrogen and oxygen atoms in total. The first-order valence-corrected chi connectivity index (χ1v) is 7.52. The van der Waals surface area contributed by atoms with Gasteiger partial charge in [0.1, 0.15) is 0 Å². The van der Waals surface area contributed by atoms with Crippen LogP contribution in [-0.2, 0) is 6.18 Å². The molecular weight excluding hydrogens is 307 g/mol. The number of nitrogens with zero attached hydrogens (tertiary/aromatic N) is 1. The minimum atomic E-state index is -4.51. The van der Waals surface area contributed by atoms with Crippen LogP contribution in [0.5, 0.6) is 0 Å². The Morgan fingerprint density at radius 1 is 1.30 bits per heavy atom. The van der Waals surface area contributed by atoms with E-state index in [1.165, 1.54) is 0 Å². The summed E-state index contributed by atoms with van der Waals surface area (Å²) in [4.78, 5) is 16.3. The second-order valence-corrected chi connectivity index (χ2v) is 6.18. The van der Waals surface area contributed by atoms with E-state index in [1.807, 2.05) is 6.92 Å². The Morgan fingerprint density at radius 2 is 1.95 bits per heavy atom. The number of carbonyl (C=O) groups excluding carboxylic acids is 1. The maximum Gasteiger partial charge on any atom is 0.443 e. The van der Waals surface area contributed by atoms with Crippen molar-refractivity contribution in [3.05, 3.63) is 45.9 Å². The summed E-state index contributed by atoms with van der Waals surface area (Å²) < 4.78 is 37.3. The fourth-order valence-electron chi connectivity index (χ4n) is 1.52. The second kappa shape index (κ2) is 5.97. The van der Waals surface area contributed by atoms with Crippen molar-refractivity contribution in [2.45, 2.75) is 18.0 Å². The number of hydrogen-bond donors (Lipinski definition) is 0. The monoisotopic (exact) mass is 317 g/mol. The lowest BCUT2D eigenvalue weighted by molar-refractivity contribution is -0.137. The lowest BCUT2D eigenvalue weighted by atomic mass is 10.1. The van der Waals surface area contributed by atoms with Crippen LogP contribution in [0.15, 0.2) is 35.4 Å². The van der Waals surface area contributed by atoms with Crippen molar-refractivity contribution in [1.82, 2.24) is 4.98 Å². The fourth-order valence-corrected chi connectivity index (χ4v) is 2.93. The summed E-state index contributed by atoms with van der Waals surface area (Å²) >= 11 is 2.00. The Bertz CT molecular complexity index is 605.